The van der Waals surface area contributed by atoms with Crippen LogP contribution in [0.2, 0.25) is 5.02 Å². The van der Waals surface area contributed by atoms with Gasteiger partial charge in [0, 0.05) is 37.2 Å². The number of benzene rings is 1. The summed E-state index contributed by atoms with van der Waals surface area (Å²) < 4.78 is 11.4. The van der Waals surface area contributed by atoms with Gasteiger partial charge in [-0.3, -0.25) is 4.79 Å². The van der Waals surface area contributed by atoms with Crippen molar-refractivity contribution in [1.82, 2.24) is 4.90 Å². The van der Waals surface area contributed by atoms with Crippen molar-refractivity contribution in [3.63, 3.8) is 0 Å². The lowest BCUT2D eigenvalue weighted by Crippen LogP contribution is -2.42. The Morgan fingerprint density at radius 1 is 1.19 bits per heavy atom. The summed E-state index contributed by atoms with van der Waals surface area (Å²) in [7, 11) is 0. The fourth-order valence-electron chi connectivity index (χ4n) is 4.61. The zero-order valence-electron chi connectivity index (χ0n) is 14.9. The molecule has 4 rings (SSSR count). The molecule has 5 nitrogen and oxygen atoms in total. The highest BCUT2D eigenvalue weighted by Gasteiger charge is 2.44. The third kappa shape index (κ3) is 3.85. The SMILES string of the molecule is O=C(C1CCOCC1)N1C[C@H]2C[C@@H](Oc3cccc(Cl)c3)[C@H](O)C[C@H]2C1. The maximum Gasteiger partial charge on any atom is 0.225 e. The normalized spacial score (nSPS) is 32.3. The maximum atomic E-state index is 12.8. The van der Waals surface area contributed by atoms with Gasteiger partial charge >= 0.3 is 0 Å². The number of rotatable bonds is 3. The molecule has 1 N–H and O–H groups in total. The summed E-state index contributed by atoms with van der Waals surface area (Å²) in [5, 5.41) is 11.2. The van der Waals surface area contributed by atoms with Crippen molar-refractivity contribution in [2.75, 3.05) is 26.3 Å². The summed E-state index contributed by atoms with van der Waals surface area (Å²) in [6, 6.07) is 7.29. The summed E-state index contributed by atoms with van der Waals surface area (Å²) in [4.78, 5) is 14.8. The van der Waals surface area contributed by atoms with E-state index in [1.807, 2.05) is 17.0 Å². The molecular formula is C20H26ClNO4. The van der Waals surface area contributed by atoms with Crippen LogP contribution >= 0.6 is 11.6 Å². The molecule has 3 aliphatic rings. The van der Waals surface area contributed by atoms with Crippen molar-refractivity contribution in [2.45, 2.75) is 37.9 Å². The van der Waals surface area contributed by atoms with E-state index < -0.39 is 6.10 Å². The van der Waals surface area contributed by atoms with Crippen LogP contribution in [-0.2, 0) is 9.53 Å². The van der Waals surface area contributed by atoms with Gasteiger partial charge in [0.2, 0.25) is 5.91 Å². The first kappa shape index (κ1) is 18.1. The second-order valence-corrected chi connectivity index (χ2v) is 8.24. The van der Waals surface area contributed by atoms with Crippen LogP contribution in [0.25, 0.3) is 0 Å². The second-order valence-electron chi connectivity index (χ2n) is 7.80. The Morgan fingerprint density at radius 2 is 1.92 bits per heavy atom. The molecule has 1 saturated carbocycles. The molecule has 2 aliphatic heterocycles. The van der Waals surface area contributed by atoms with E-state index in [1.54, 1.807) is 12.1 Å². The average molecular weight is 380 g/mol. The van der Waals surface area contributed by atoms with Gasteiger partial charge in [-0.2, -0.15) is 0 Å². The van der Waals surface area contributed by atoms with E-state index in [9.17, 15) is 9.90 Å². The molecule has 1 amide bonds. The number of ether oxygens (including phenoxy) is 2. The van der Waals surface area contributed by atoms with Gasteiger partial charge in [-0.25, -0.2) is 0 Å². The molecule has 3 fully saturated rings. The minimum absolute atomic E-state index is 0.104. The van der Waals surface area contributed by atoms with Gasteiger partial charge in [-0.15, -0.1) is 0 Å². The Labute approximate surface area is 159 Å². The average Bonchev–Trinajstić information content (AvgIpc) is 3.05. The van der Waals surface area contributed by atoms with E-state index in [1.165, 1.54) is 0 Å². The van der Waals surface area contributed by atoms with Crippen LogP contribution in [0.15, 0.2) is 24.3 Å². The number of aliphatic hydroxyl groups excluding tert-OH is 1. The van der Waals surface area contributed by atoms with E-state index in [2.05, 4.69) is 0 Å². The highest BCUT2D eigenvalue weighted by atomic mass is 35.5. The molecule has 26 heavy (non-hydrogen) atoms. The van der Waals surface area contributed by atoms with Gasteiger partial charge in [0.1, 0.15) is 11.9 Å². The van der Waals surface area contributed by atoms with Crippen LogP contribution < -0.4 is 4.74 Å². The maximum absolute atomic E-state index is 12.8. The van der Waals surface area contributed by atoms with E-state index in [0.29, 0.717) is 42.2 Å². The third-order valence-electron chi connectivity index (χ3n) is 6.05. The Kier molecular flexibility index (Phi) is 5.39. The first-order valence-electron chi connectivity index (χ1n) is 9.57. The quantitative estimate of drug-likeness (QED) is 0.877. The van der Waals surface area contributed by atoms with Crippen LogP contribution in [0.5, 0.6) is 5.75 Å². The summed E-state index contributed by atoms with van der Waals surface area (Å²) in [6.07, 6.45) is 2.37. The van der Waals surface area contributed by atoms with Crippen molar-refractivity contribution in [1.29, 1.82) is 0 Å². The predicted octanol–water partition coefficient (Wildman–Crippen LogP) is 2.74. The zero-order chi connectivity index (χ0) is 18.1. The minimum atomic E-state index is -0.506. The smallest absolute Gasteiger partial charge is 0.225 e. The van der Waals surface area contributed by atoms with Crippen LogP contribution in [0.1, 0.15) is 25.7 Å². The predicted molar refractivity (Wildman–Crippen MR) is 98.2 cm³/mol. The monoisotopic (exact) mass is 379 g/mol. The van der Waals surface area contributed by atoms with E-state index in [0.717, 1.165) is 32.4 Å². The number of halogens is 1. The van der Waals surface area contributed by atoms with Gasteiger partial charge in [0.15, 0.2) is 0 Å². The number of fused-ring (bicyclic) bond motifs is 1. The lowest BCUT2D eigenvalue weighted by atomic mass is 9.78. The fourth-order valence-corrected chi connectivity index (χ4v) is 4.79. The van der Waals surface area contributed by atoms with Crippen molar-refractivity contribution in [2.24, 2.45) is 17.8 Å². The number of carbonyl (C=O) groups is 1. The molecule has 0 bridgehead atoms. The van der Waals surface area contributed by atoms with Crippen LogP contribution in [0, 0.1) is 17.8 Å². The molecule has 2 heterocycles. The number of aliphatic hydroxyl groups is 1. The van der Waals surface area contributed by atoms with Crippen molar-refractivity contribution >= 4 is 17.5 Å². The molecule has 0 unspecified atom stereocenters. The zero-order valence-corrected chi connectivity index (χ0v) is 15.6. The number of amides is 1. The molecule has 2 saturated heterocycles. The molecular weight excluding hydrogens is 354 g/mol. The lowest BCUT2D eigenvalue weighted by Gasteiger charge is -2.35. The standard InChI is InChI=1S/C20H26ClNO4/c21-16-2-1-3-17(10-16)26-19-9-15-12-22(11-14(15)8-18(19)23)20(24)13-4-6-25-7-5-13/h1-3,10,13-15,18-19,23H,4-9,11-12H2/t14-,15+,18+,19+/m0/s1. The van der Waals surface area contributed by atoms with E-state index >= 15 is 0 Å². The first-order chi connectivity index (χ1) is 12.6. The highest BCUT2D eigenvalue weighted by Crippen LogP contribution is 2.39. The summed E-state index contributed by atoms with van der Waals surface area (Å²) in [5.41, 5.74) is 0. The minimum Gasteiger partial charge on any atom is -0.488 e. The summed E-state index contributed by atoms with van der Waals surface area (Å²) in [6.45, 7) is 2.92. The van der Waals surface area contributed by atoms with Gasteiger partial charge in [0.25, 0.3) is 0 Å². The third-order valence-corrected chi connectivity index (χ3v) is 6.29. The van der Waals surface area contributed by atoms with Gasteiger partial charge < -0.3 is 19.5 Å². The molecule has 1 aromatic rings. The lowest BCUT2D eigenvalue weighted by molar-refractivity contribution is -0.137. The summed E-state index contributed by atoms with van der Waals surface area (Å²) in [5.74, 6) is 1.82. The summed E-state index contributed by atoms with van der Waals surface area (Å²) >= 11 is 6.02. The van der Waals surface area contributed by atoms with Gasteiger partial charge in [0.05, 0.1) is 6.10 Å². The van der Waals surface area contributed by atoms with Gasteiger partial charge in [-0.1, -0.05) is 17.7 Å². The van der Waals surface area contributed by atoms with E-state index in [4.69, 9.17) is 21.1 Å². The molecule has 4 atom stereocenters. The Balaban J connectivity index is 1.37. The van der Waals surface area contributed by atoms with E-state index in [-0.39, 0.29) is 17.9 Å². The molecule has 0 spiro atoms. The second kappa shape index (κ2) is 7.75. The van der Waals surface area contributed by atoms with Crippen molar-refractivity contribution in [3.05, 3.63) is 29.3 Å². The molecule has 1 aliphatic carbocycles. The Bertz CT molecular complexity index is 648. The molecule has 142 valence electrons. The largest absolute Gasteiger partial charge is 0.488 e. The van der Waals surface area contributed by atoms with Gasteiger partial charge in [-0.05, 0) is 55.7 Å². The van der Waals surface area contributed by atoms with Crippen LogP contribution in [0.3, 0.4) is 0 Å². The number of hydrogen-bond acceptors (Lipinski definition) is 4. The van der Waals surface area contributed by atoms with Crippen molar-refractivity contribution in [3.8, 4) is 5.75 Å². The number of carbonyl (C=O) groups excluding carboxylic acids is 1. The first-order valence-corrected chi connectivity index (χ1v) is 9.95. The van der Waals surface area contributed by atoms with Crippen LogP contribution in [0.4, 0.5) is 0 Å². The molecule has 1 aromatic carbocycles. The Morgan fingerprint density at radius 3 is 2.65 bits per heavy atom. The highest BCUT2D eigenvalue weighted by molar-refractivity contribution is 6.30. The number of hydrogen-bond donors (Lipinski definition) is 1. The Hall–Kier alpha value is -1.30. The van der Waals surface area contributed by atoms with Crippen LogP contribution in [-0.4, -0.2) is 54.4 Å². The fraction of sp³-hybridized carbons (Fsp3) is 0.650. The number of nitrogens with zero attached hydrogens (tertiary/aromatic N) is 1. The molecule has 6 heteroatoms. The molecule has 0 radical (unpaired) electrons. The van der Waals surface area contributed by atoms with Crippen molar-refractivity contribution < 1.29 is 19.4 Å². The number of likely N-dealkylation sites (tertiary alicyclic amines) is 1. The molecule has 0 aromatic heterocycles. The topological polar surface area (TPSA) is 59.0 Å².